The maximum absolute atomic E-state index is 12.0. The van der Waals surface area contributed by atoms with Gasteiger partial charge in [0.15, 0.2) is 0 Å². The van der Waals surface area contributed by atoms with Gasteiger partial charge in [-0.05, 0) is 37.1 Å². The predicted octanol–water partition coefficient (Wildman–Crippen LogP) is 2.12. The third-order valence-electron chi connectivity index (χ3n) is 4.53. The predicted molar refractivity (Wildman–Crippen MR) is 105 cm³/mol. The van der Waals surface area contributed by atoms with E-state index in [0.29, 0.717) is 19.6 Å². The van der Waals surface area contributed by atoms with Crippen molar-refractivity contribution in [3.8, 4) is 0 Å². The van der Waals surface area contributed by atoms with Crippen molar-refractivity contribution in [2.24, 2.45) is 0 Å². The van der Waals surface area contributed by atoms with E-state index in [1.165, 1.54) is 31.5 Å². The summed E-state index contributed by atoms with van der Waals surface area (Å²) < 4.78 is 5.55. The van der Waals surface area contributed by atoms with Gasteiger partial charge in [0.1, 0.15) is 0 Å². The molecule has 0 saturated carbocycles. The zero-order chi connectivity index (χ0) is 15.9. The summed E-state index contributed by atoms with van der Waals surface area (Å²) in [6.45, 7) is 6.39. The minimum Gasteiger partial charge on any atom is -0.375 e. The van der Waals surface area contributed by atoms with E-state index in [-0.39, 0.29) is 36.8 Å². The molecule has 0 bridgehead atoms. The van der Waals surface area contributed by atoms with Crippen molar-refractivity contribution in [2.75, 3.05) is 32.8 Å². The molecule has 1 atom stereocenters. The maximum Gasteiger partial charge on any atom is 0.222 e. The van der Waals surface area contributed by atoms with Crippen molar-refractivity contribution >= 4 is 30.7 Å². The van der Waals surface area contributed by atoms with Crippen molar-refractivity contribution in [1.82, 2.24) is 15.5 Å². The zero-order valence-corrected chi connectivity index (χ0v) is 16.2. The van der Waals surface area contributed by atoms with E-state index < -0.39 is 0 Å². The van der Waals surface area contributed by atoms with E-state index in [1.807, 2.05) is 0 Å². The summed E-state index contributed by atoms with van der Waals surface area (Å²) in [5.41, 5.74) is 2.50. The number of ether oxygens (including phenoxy) is 1. The fourth-order valence-corrected chi connectivity index (χ4v) is 3.19. The van der Waals surface area contributed by atoms with Crippen LogP contribution in [-0.2, 0) is 22.6 Å². The second kappa shape index (κ2) is 11.7. The molecule has 7 heteroatoms. The van der Waals surface area contributed by atoms with E-state index in [9.17, 15) is 4.79 Å². The number of nitrogens with one attached hydrogen (secondary N) is 2. The monoisotopic (exact) mass is 389 g/mol. The van der Waals surface area contributed by atoms with Gasteiger partial charge in [0.2, 0.25) is 5.91 Å². The number of nitrogens with zero attached hydrogens (tertiary/aromatic N) is 1. The van der Waals surface area contributed by atoms with Crippen molar-refractivity contribution in [2.45, 2.75) is 38.5 Å². The first-order valence-electron chi connectivity index (χ1n) is 8.69. The first kappa shape index (κ1) is 22.2. The lowest BCUT2D eigenvalue weighted by Gasteiger charge is -2.23. The molecule has 2 aliphatic rings. The Balaban J connectivity index is 0.00000156. The van der Waals surface area contributed by atoms with Crippen LogP contribution in [0.4, 0.5) is 0 Å². The van der Waals surface area contributed by atoms with Gasteiger partial charge in [-0.25, -0.2) is 0 Å². The minimum absolute atomic E-state index is 0. The highest BCUT2D eigenvalue weighted by molar-refractivity contribution is 5.85. The van der Waals surface area contributed by atoms with Crippen molar-refractivity contribution in [3.05, 3.63) is 35.4 Å². The Labute approximate surface area is 162 Å². The zero-order valence-electron chi connectivity index (χ0n) is 14.5. The Morgan fingerprint density at radius 2 is 1.84 bits per heavy atom. The van der Waals surface area contributed by atoms with Gasteiger partial charge in [-0.2, -0.15) is 0 Å². The Bertz CT molecular complexity index is 502. The van der Waals surface area contributed by atoms with Crippen LogP contribution in [0, 0.1) is 0 Å². The molecule has 25 heavy (non-hydrogen) atoms. The number of morpholine rings is 1. The van der Waals surface area contributed by atoms with Gasteiger partial charge in [0, 0.05) is 26.2 Å². The highest BCUT2D eigenvalue weighted by atomic mass is 35.5. The normalized spacial score (nSPS) is 20.4. The Hall–Kier alpha value is -0.850. The Morgan fingerprint density at radius 1 is 1.16 bits per heavy atom. The molecule has 0 spiro atoms. The van der Waals surface area contributed by atoms with Crippen LogP contribution < -0.4 is 10.6 Å². The number of carbonyl (C=O) groups excluding carboxylic acids is 1. The lowest BCUT2D eigenvalue weighted by atomic mass is 10.1. The van der Waals surface area contributed by atoms with Crippen LogP contribution in [0.15, 0.2) is 24.3 Å². The molecule has 1 aromatic carbocycles. The molecule has 3 rings (SSSR count). The standard InChI is InChI=1S/C18H27N3O2.2ClH/c22-18(11-17-13-19-7-10-23-17)20-12-15-3-5-16(6-4-15)14-21-8-1-2-9-21;;/h3-6,17,19H,1-2,7-14H2,(H,20,22);2*1H. The molecule has 5 nitrogen and oxygen atoms in total. The summed E-state index contributed by atoms with van der Waals surface area (Å²) in [5.74, 6) is 0.0554. The molecular formula is C18H29Cl2N3O2. The van der Waals surface area contributed by atoms with Crippen molar-refractivity contribution < 1.29 is 9.53 Å². The third-order valence-corrected chi connectivity index (χ3v) is 4.53. The van der Waals surface area contributed by atoms with Crippen LogP contribution in [0.1, 0.15) is 30.4 Å². The van der Waals surface area contributed by atoms with Gasteiger partial charge >= 0.3 is 0 Å². The van der Waals surface area contributed by atoms with Crippen LogP contribution in [0.2, 0.25) is 0 Å². The number of hydrogen-bond donors (Lipinski definition) is 2. The molecule has 2 saturated heterocycles. The van der Waals surface area contributed by atoms with Gasteiger partial charge in [-0.3, -0.25) is 9.69 Å². The third kappa shape index (κ3) is 7.50. The molecule has 2 N–H and O–H groups in total. The van der Waals surface area contributed by atoms with Crippen LogP contribution in [0.5, 0.6) is 0 Å². The van der Waals surface area contributed by atoms with Crippen LogP contribution in [-0.4, -0.2) is 49.7 Å². The molecule has 1 unspecified atom stereocenters. The van der Waals surface area contributed by atoms with E-state index >= 15 is 0 Å². The molecule has 0 aromatic heterocycles. The number of likely N-dealkylation sites (tertiary alicyclic amines) is 1. The van der Waals surface area contributed by atoms with E-state index in [1.54, 1.807) is 0 Å². The fraction of sp³-hybridized carbons (Fsp3) is 0.611. The largest absolute Gasteiger partial charge is 0.375 e. The summed E-state index contributed by atoms with van der Waals surface area (Å²) >= 11 is 0. The summed E-state index contributed by atoms with van der Waals surface area (Å²) in [7, 11) is 0. The fourth-order valence-electron chi connectivity index (χ4n) is 3.19. The molecule has 2 aliphatic heterocycles. The number of hydrogen-bond acceptors (Lipinski definition) is 4. The molecular weight excluding hydrogens is 361 g/mol. The molecule has 142 valence electrons. The van der Waals surface area contributed by atoms with Crippen molar-refractivity contribution in [1.29, 1.82) is 0 Å². The number of halogens is 2. The molecule has 0 aliphatic carbocycles. The Morgan fingerprint density at radius 3 is 2.48 bits per heavy atom. The van der Waals surface area contributed by atoms with E-state index in [2.05, 4.69) is 39.8 Å². The number of carbonyl (C=O) groups is 1. The summed E-state index contributed by atoms with van der Waals surface area (Å²) in [6.07, 6.45) is 3.08. The topological polar surface area (TPSA) is 53.6 Å². The average molecular weight is 390 g/mol. The first-order chi connectivity index (χ1) is 11.3. The first-order valence-corrected chi connectivity index (χ1v) is 8.69. The van der Waals surface area contributed by atoms with Crippen LogP contribution in [0.25, 0.3) is 0 Å². The van der Waals surface area contributed by atoms with Gasteiger partial charge in [0.25, 0.3) is 0 Å². The van der Waals surface area contributed by atoms with E-state index in [4.69, 9.17) is 4.74 Å². The second-order valence-corrected chi connectivity index (χ2v) is 6.48. The van der Waals surface area contributed by atoms with Gasteiger partial charge in [-0.1, -0.05) is 24.3 Å². The van der Waals surface area contributed by atoms with Gasteiger partial charge in [-0.15, -0.1) is 24.8 Å². The quantitative estimate of drug-likeness (QED) is 0.782. The number of amides is 1. The molecule has 2 fully saturated rings. The highest BCUT2D eigenvalue weighted by Crippen LogP contribution is 2.13. The molecule has 0 radical (unpaired) electrons. The summed E-state index contributed by atoms with van der Waals surface area (Å²) in [5, 5.41) is 6.22. The minimum atomic E-state index is 0. The summed E-state index contributed by atoms with van der Waals surface area (Å²) in [6, 6.07) is 8.58. The molecule has 1 aromatic rings. The SMILES string of the molecule is Cl.Cl.O=C(CC1CNCCO1)NCc1ccc(CN2CCCC2)cc1. The molecule has 1 amide bonds. The van der Waals surface area contributed by atoms with Crippen LogP contribution >= 0.6 is 24.8 Å². The van der Waals surface area contributed by atoms with Crippen molar-refractivity contribution in [3.63, 3.8) is 0 Å². The second-order valence-electron chi connectivity index (χ2n) is 6.48. The Kier molecular flexibility index (Phi) is 10.4. The van der Waals surface area contributed by atoms with Gasteiger partial charge in [0.05, 0.1) is 19.1 Å². The molecule has 2 heterocycles. The lowest BCUT2D eigenvalue weighted by Crippen LogP contribution is -2.41. The van der Waals surface area contributed by atoms with E-state index in [0.717, 1.165) is 25.2 Å². The maximum atomic E-state index is 12.0. The smallest absolute Gasteiger partial charge is 0.222 e. The lowest BCUT2D eigenvalue weighted by molar-refractivity contribution is -0.124. The summed E-state index contributed by atoms with van der Waals surface area (Å²) in [4.78, 5) is 14.5. The van der Waals surface area contributed by atoms with Gasteiger partial charge < -0.3 is 15.4 Å². The number of rotatable bonds is 6. The number of benzene rings is 1. The van der Waals surface area contributed by atoms with Crippen LogP contribution in [0.3, 0.4) is 0 Å². The average Bonchev–Trinajstić information content (AvgIpc) is 3.08. The highest BCUT2D eigenvalue weighted by Gasteiger charge is 2.17.